The first-order valence-electron chi connectivity index (χ1n) is 8.81. The van der Waals surface area contributed by atoms with Crippen LogP contribution in [0.1, 0.15) is 31.2 Å². The lowest BCUT2D eigenvalue weighted by Gasteiger charge is -2.49. The molecule has 1 aromatic rings. The molecule has 0 radical (unpaired) electrons. The highest BCUT2D eigenvalue weighted by Crippen LogP contribution is 2.39. The first-order chi connectivity index (χ1) is 11.9. The maximum atomic E-state index is 13.0. The maximum absolute atomic E-state index is 13.0. The van der Waals surface area contributed by atoms with Crippen molar-refractivity contribution in [3.8, 4) is 0 Å². The van der Waals surface area contributed by atoms with Gasteiger partial charge >= 0.3 is 0 Å². The van der Waals surface area contributed by atoms with Gasteiger partial charge in [0.2, 0.25) is 5.91 Å². The summed E-state index contributed by atoms with van der Waals surface area (Å²) in [4.78, 5) is 14.3. The van der Waals surface area contributed by atoms with E-state index in [4.69, 9.17) is 9.47 Å². The van der Waals surface area contributed by atoms with Crippen molar-refractivity contribution in [1.29, 1.82) is 0 Å². The number of aliphatic hydroxyl groups is 1. The maximum Gasteiger partial charge on any atom is 0.226 e. The van der Waals surface area contributed by atoms with Crippen LogP contribution in [-0.2, 0) is 20.7 Å². The molecule has 2 aliphatic heterocycles. The number of halogens is 1. The van der Waals surface area contributed by atoms with Crippen molar-refractivity contribution in [3.05, 3.63) is 35.6 Å². The normalized spacial score (nSPS) is 26.0. The van der Waals surface area contributed by atoms with Crippen LogP contribution in [0.5, 0.6) is 0 Å². The van der Waals surface area contributed by atoms with Crippen LogP contribution in [0, 0.1) is 5.82 Å². The number of hydrogen-bond donors (Lipinski definition) is 1. The third-order valence-corrected chi connectivity index (χ3v) is 5.34. The summed E-state index contributed by atoms with van der Waals surface area (Å²) < 4.78 is 24.1. The van der Waals surface area contributed by atoms with Gasteiger partial charge in [-0.1, -0.05) is 12.1 Å². The Morgan fingerprint density at radius 3 is 2.60 bits per heavy atom. The van der Waals surface area contributed by atoms with Gasteiger partial charge in [-0.3, -0.25) is 4.79 Å². The third-order valence-electron chi connectivity index (χ3n) is 5.34. The number of methoxy groups -OCH3 is 1. The van der Waals surface area contributed by atoms with E-state index in [9.17, 15) is 14.3 Å². The second kappa shape index (κ2) is 7.40. The molecule has 1 aromatic carbocycles. The number of likely N-dealkylation sites (tertiary alicyclic amines) is 1. The van der Waals surface area contributed by atoms with E-state index in [1.165, 1.54) is 12.1 Å². The van der Waals surface area contributed by atoms with E-state index in [-0.39, 0.29) is 23.7 Å². The average Bonchev–Trinajstić information content (AvgIpc) is 2.57. The predicted molar refractivity (Wildman–Crippen MR) is 90.7 cm³/mol. The van der Waals surface area contributed by atoms with Gasteiger partial charge in [0.25, 0.3) is 0 Å². The minimum atomic E-state index is -0.840. The minimum absolute atomic E-state index is 0.0458. The molecule has 25 heavy (non-hydrogen) atoms. The van der Waals surface area contributed by atoms with Crippen molar-refractivity contribution in [1.82, 2.24) is 4.90 Å². The Kier molecular flexibility index (Phi) is 5.41. The van der Waals surface area contributed by atoms with Gasteiger partial charge in [0.05, 0.1) is 30.8 Å². The quantitative estimate of drug-likeness (QED) is 0.900. The van der Waals surface area contributed by atoms with Crippen LogP contribution in [0.2, 0.25) is 0 Å². The minimum Gasteiger partial charge on any atom is -0.387 e. The highest BCUT2D eigenvalue weighted by Gasteiger charge is 2.46. The lowest BCUT2D eigenvalue weighted by molar-refractivity contribution is -0.192. The average molecular weight is 351 g/mol. The van der Waals surface area contributed by atoms with E-state index in [1.807, 2.05) is 4.90 Å². The van der Waals surface area contributed by atoms with Crippen LogP contribution in [-0.4, -0.2) is 60.5 Å². The van der Waals surface area contributed by atoms with E-state index in [0.29, 0.717) is 52.0 Å². The van der Waals surface area contributed by atoms with Crippen LogP contribution >= 0.6 is 0 Å². The van der Waals surface area contributed by atoms with Crippen molar-refractivity contribution in [2.24, 2.45) is 0 Å². The summed E-state index contributed by atoms with van der Waals surface area (Å²) in [6.07, 6.45) is 2.84. The first kappa shape index (κ1) is 18.3. The largest absolute Gasteiger partial charge is 0.387 e. The molecule has 1 amide bonds. The fourth-order valence-electron chi connectivity index (χ4n) is 3.96. The first-order valence-corrected chi connectivity index (χ1v) is 8.81. The molecule has 2 aliphatic rings. The highest BCUT2D eigenvalue weighted by molar-refractivity contribution is 5.78. The SMILES string of the molecule is COCC1(O)CCOC2(CCN(C(=O)Cc3ccc(F)cc3)CC2)C1. The standard InChI is InChI=1S/C19H26FNO4/c1-24-14-18(23)8-11-25-19(13-18)6-9-21(10-7-19)17(22)12-15-2-4-16(20)5-3-15/h2-5,23H,6-14H2,1H3. The number of amides is 1. The fraction of sp³-hybridized carbons (Fsp3) is 0.632. The van der Waals surface area contributed by atoms with Crippen LogP contribution in [0.4, 0.5) is 4.39 Å². The molecule has 0 aromatic heterocycles. The van der Waals surface area contributed by atoms with Crippen LogP contribution < -0.4 is 0 Å². The van der Waals surface area contributed by atoms with Crippen LogP contribution in [0.15, 0.2) is 24.3 Å². The number of carbonyl (C=O) groups is 1. The second-order valence-corrected chi connectivity index (χ2v) is 7.30. The molecule has 5 nitrogen and oxygen atoms in total. The zero-order valence-electron chi connectivity index (χ0n) is 14.7. The molecule has 3 rings (SSSR count). The molecule has 1 unspecified atom stereocenters. The Hall–Kier alpha value is -1.50. The van der Waals surface area contributed by atoms with Gasteiger partial charge in [-0.05, 0) is 30.5 Å². The van der Waals surface area contributed by atoms with Crippen molar-refractivity contribution in [3.63, 3.8) is 0 Å². The topological polar surface area (TPSA) is 59.0 Å². The smallest absolute Gasteiger partial charge is 0.226 e. The van der Waals surface area contributed by atoms with Gasteiger partial charge < -0.3 is 19.5 Å². The lowest BCUT2D eigenvalue weighted by Crippen LogP contribution is -2.56. The molecule has 2 saturated heterocycles. The van der Waals surface area contributed by atoms with Gasteiger partial charge in [0.1, 0.15) is 5.82 Å². The molecule has 0 bridgehead atoms. The van der Waals surface area contributed by atoms with E-state index in [1.54, 1.807) is 19.2 Å². The molecule has 6 heteroatoms. The number of hydrogen-bond acceptors (Lipinski definition) is 4. The Morgan fingerprint density at radius 2 is 1.96 bits per heavy atom. The van der Waals surface area contributed by atoms with Gasteiger partial charge in [-0.2, -0.15) is 0 Å². The van der Waals surface area contributed by atoms with Crippen LogP contribution in [0.3, 0.4) is 0 Å². The van der Waals surface area contributed by atoms with Gasteiger partial charge in [-0.15, -0.1) is 0 Å². The van der Waals surface area contributed by atoms with Crippen molar-refractivity contribution in [2.45, 2.75) is 43.3 Å². The number of carbonyl (C=O) groups excluding carboxylic acids is 1. The van der Waals surface area contributed by atoms with Crippen molar-refractivity contribution in [2.75, 3.05) is 33.4 Å². The molecule has 2 fully saturated rings. The summed E-state index contributed by atoms with van der Waals surface area (Å²) in [5.74, 6) is -0.251. The summed E-state index contributed by atoms with van der Waals surface area (Å²) in [6.45, 7) is 2.06. The van der Waals surface area contributed by atoms with Crippen LogP contribution in [0.25, 0.3) is 0 Å². The molecule has 138 valence electrons. The van der Waals surface area contributed by atoms with E-state index >= 15 is 0 Å². The zero-order chi connectivity index (χ0) is 17.9. The molecule has 2 heterocycles. The van der Waals surface area contributed by atoms with Gasteiger partial charge in [-0.25, -0.2) is 4.39 Å². The fourth-order valence-corrected chi connectivity index (χ4v) is 3.96. The molecule has 1 atom stereocenters. The lowest BCUT2D eigenvalue weighted by atomic mass is 9.77. The summed E-state index contributed by atoms with van der Waals surface area (Å²) in [5, 5.41) is 10.7. The van der Waals surface area contributed by atoms with E-state index in [0.717, 1.165) is 5.56 Å². The Morgan fingerprint density at radius 1 is 1.28 bits per heavy atom. The molecular weight excluding hydrogens is 325 g/mol. The number of piperidine rings is 1. The monoisotopic (exact) mass is 351 g/mol. The van der Waals surface area contributed by atoms with E-state index < -0.39 is 5.60 Å². The zero-order valence-corrected chi connectivity index (χ0v) is 14.7. The number of rotatable bonds is 4. The molecular formula is C19H26FNO4. The Balaban J connectivity index is 1.56. The van der Waals surface area contributed by atoms with Gasteiger partial charge in [0, 0.05) is 33.0 Å². The van der Waals surface area contributed by atoms with E-state index in [2.05, 4.69) is 0 Å². The van der Waals surface area contributed by atoms with Crippen molar-refractivity contribution < 1.29 is 23.8 Å². The molecule has 0 aliphatic carbocycles. The Bertz CT molecular complexity index is 594. The number of nitrogens with zero attached hydrogens (tertiary/aromatic N) is 1. The predicted octanol–water partition coefficient (Wildman–Crippen LogP) is 1.92. The summed E-state index contributed by atoms with van der Waals surface area (Å²) in [7, 11) is 1.59. The number of ether oxygens (including phenoxy) is 2. The molecule has 0 saturated carbocycles. The third kappa shape index (κ3) is 4.37. The second-order valence-electron chi connectivity index (χ2n) is 7.30. The summed E-state index contributed by atoms with van der Waals surface area (Å²) in [5.41, 5.74) is -0.388. The molecule has 1 N–H and O–H groups in total. The van der Waals surface area contributed by atoms with Gasteiger partial charge in [0.15, 0.2) is 0 Å². The summed E-state index contributed by atoms with van der Waals surface area (Å²) >= 11 is 0. The summed E-state index contributed by atoms with van der Waals surface area (Å²) in [6, 6.07) is 6.04. The highest BCUT2D eigenvalue weighted by atomic mass is 19.1. The Labute approximate surface area is 147 Å². The van der Waals surface area contributed by atoms with Crippen molar-refractivity contribution >= 4 is 5.91 Å². The molecule has 1 spiro atoms. The number of benzene rings is 1.